The van der Waals surface area contributed by atoms with Crippen LogP contribution < -0.4 is 5.73 Å². The highest BCUT2D eigenvalue weighted by Crippen LogP contribution is 2.30. The molecule has 6 heteroatoms. The Kier molecular flexibility index (Phi) is 4.05. The number of benzene rings is 1. The number of rotatable bonds is 4. The molecule has 0 aromatic heterocycles. The summed E-state index contributed by atoms with van der Waals surface area (Å²) in [5, 5.41) is 0. The molecule has 2 atom stereocenters. The smallest absolute Gasteiger partial charge is 0.214 e. The van der Waals surface area contributed by atoms with Gasteiger partial charge in [-0.1, -0.05) is 18.2 Å². The summed E-state index contributed by atoms with van der Waals surface area (Å²) in [7, 11) is -3.14. The van der Waals surface area contributed by atoms with Crippen molar-refractivity contribution in [3.05, 3.63) is 34.9 Å². The maximum absolute atomic E-state index is 12.0. The standard InChI is InChI=1S/C15H22N2O3S/c1-2-21(18,19)17-9-12-6-5-11(8-13(12)10-17)15(16)14-4-3-7-20-14/h5-6,8,14-15H,2-4,7,9-10,16H2,1H3. The Morgan fingerprint density at radius 1 is 1.38 bits per heavy atom. The van der Waals surface area contributed by atoms with Crippen LogP contribution in [0.4, 0.5) is 0 Å². The molecule has 0 amide bonds. The Hall–Kier alpha value is -0.950. The second kappa shape index (κ2) is 5.68. The molecule has 1 saturated heterocycles. The third-order valence-corrected chi connectivity index (χ3v) is 6.21. The van der Waals surface area contributed by atoms with Crippen LogP contribution in [0, 0.1) is 0 Å². The quantitative estimate of drug-likeness (QED) is 0.915. The predicted octanol–water partition coefficient (Wildman–Crippen LogP) is 1.53. The van der Waals surface area contributed by atoms with E-state index in [9.17, 15) is 8.42 Å². The Bertz CT molecular complexity index is 624. The van der Waals surface area contributed by atoms with Crippen molar-refractivity contribution in [2.75, 3.05) is 12.4 Å². The van der Waals surface area contributed by atoms with Gasteiger partial charge in [-0.3, -0.25) is 0 Å². The van der Waals surface area contributed by atoms with Crippen molar-refractivity contribution in [1.82, 2.24) is 4.31 Å². The average molecular weight is 310 g/mol. The van der Waals surface area contributed by atoms with Gasteiger partial charge in [-0.25, -0.2) is 8.42 Å². The fraction of sp³-hybridized carbons (Fsp3) is 0.600. The Morgan fingerprint density at radius 3 is 2.81 bits per heavy atom. The molecule has 0 saturated carbocycles. The highest BCUT2D eigenvalue weighted by molar-refractivity contribution is 7.89. The largest absolute Gasteiger partial charge is 0.376 e. The van der Waals surface area contributed by atoms with Gasteiger partial charge < -0.3 is 10.5 Å². The zero-order chi connectivity index (χ0) is 15.0. The molecule has 21 heavy (non-hydrogen) atoms. The highest BCUT2D eigenvalue weighted by atomic mass is 32.2. The van der Waals surface area contributed by atoms with Gasteiger partial charge in [0, 0.05) is 19.7 Å². The topological polar surface area (TPSA) is 72.6 Å². The summed E-state index contributed by atoms with van der Waals surface area (Å²) in [5.41, 5.74) is 9.47. The van der Waals surface area contributed by atoms with Crippen LogP contribution in [0.2, 0.25) is 0 Å². The summed E-state index contributed by atoms with van der Waals surface area (Å²) in [6.07, 6.45) is 2.14. The SMILES string of the molecule is CCS(=O)(=O)N1Cc2ccc(C(N)C3CCCO3)cc2C1. The van der Waals surface area contributed by atoms with Gasteiger partial charge >= 0.3 is 0 Å². The third kappa shape index (κ3) is 2.85. The van der Waals surface area contributed by atoms with Gasteiger partial charge in [0.05, 0.1) is 17.9 Å². The minimum atomic E-state index is -3.14. The minimum Gasteiger partial charge on any atom is -0.376 e. The molecule has 0 bridgehead atoms. The second-order valence-electron chi connectivity index (χ2n) is 5.77. The maximum Gasteiger partial charge on any atom is 0.214 e. The number of hydrogen-bond donors (Lipinski definition) is 1. The molecule has 5 nitrogen and oxygen atoms in total. The fourth-order valence-corrected chi connectivity index (χ4v) is 4.11. The Morgan fingerprint density at radius 2 is 2.14 bits per heavy atom. The summed E-state index contributed by atoms with van der Waals surface area (Å²) in [4.78, 5) is 0. The van der Waals surface area contributed by atoms with Crippen LogP contribution in [-0.2, 0) is 27.8 Å². The van der Waals surface area contributed by atoms with Gasteiger partial charge in [0.25, 0.3) is 0 Å². The van der Waals surface area contributed by atoms with Crippen molar-refractivity contribution in [3.63, 3.8) is 0 Å². The van der Waals surface area contributed by atoms with Crippen molar-refractivity contribution < 1.29 is 13.2 Å². The number of sulfonamides is 1. The summed E-state index contributed by atoms with van der Waals surface area (Å²) < 4.78 is 31.1. The van der Waals surface area contributed by atoms with Crippen LogP contribution in [0.5, 0.6) is 0 Å². The van der Waals surface area contributed by atoms with Gasteiger partial charge in [-0.15, -0.1) is 0 Å². The van der Waals surface area contributed by atoms with E-state index in [0.29, 0.717) is 13.1 Å². The molecule has 3 rings (SSSR count). The van der Waals surface area contributed by atoms with Crippen LogP contribution in [0.15, 0.2) is 18.2 Å². The molecule has 2 aliphatic heterocycles. The van der Waals surface area contributed by atoms with Crippen LogP contribution in [0.25, 0.3) is 0 Å². The van der Waals surface area contributed by atoms with E-state index in [1.807, 2.05) is 18.2 Å². The minimum absolute atomic E-state index is 0.0833. The summed E-state index contributed by atoms with van der Waals surface area (Å²) in [6, 6.07) is 5.93. The number of fused-ring (bicyclic) bond motifs is 1. The number of nitrogens with zero attached hydrogens (tertiary/aromatic N) is 1. The molecule has 2 N–H and O–H groups in total. The number of nitrogens with two attached hydrogens (primary N) is 1. The molecule has 2 unspecified atom stereocenters. The van der Waals surface area contributed by atoms with Gasteiger partial charge in [0.1, 0.15) is 0 Å². The van der Waals surface area contributed by atoms with E-state index in [-0.39, 0.29) is 17.9 Å². The zero-order valence-corrected chi connectivity index (χ0v) is 13.1. The second-order valence-corrected chi connectivity index (χ2v) is 8.03. The summed E-state index contributed by atoms with van der Waals surface area (Å²) in [5.74, 6) is 0.142. The van der Waals surface area contributed by atoms with Crippen molar-refractivity contribution in [2.45, 2.75) is 45.0 Å². The number of hydrogen-bond acceptors (Lipinski definition) is 4. The van der Waals surface area contributed by atoms with E-state index in [1.165, 1.54) is 0 Å². The first-order valence-corrected chi connectivity index (χ1v) is 9.09. The Labute approximate surface area is 126 Å². The monoisotopic (exact) mass is 310 g/mol. The van der Waals surface area contributed by atoms with Crippen LogP contribution in [-0.4, -0.2) is 31.2 Å². The van der Waals surface area contributed by atoms with Crippen LogP contribution >= 0.6 is 0 Å². The third-order valence-electron chi connectivity index (χ3n) is 4.43. The molecule has 1 aromatic rings. The maximum atomic E-state index is 12.0. The molecule has 2 heterocycles. The lowest BCUT2D eigenvalue weighted by Crippen LogP contribution is -2.27. The van der Waals surface area contributed by atoms with Crippen molar-refractivity contribution in [1.29, 1.82) is 0 Å². The average Bonchev–Trinajstić information content (AvgIpc) is 3.14. The van der Waals surface area contributed by atoms with Crippen molar-refractivity contribution in [2.24, 2.45) is 5.73 Å². The first-order valence-electron chi connectivity index (χ1n) is 7.48. The van der Waals surface area contributed by atoms with Gasteiger partial charge in [-0.05, 0) is 36.5 Å². The van der Waals surface area contributed by atoms with E-state index in [4.69, 9.17) is 10.5 Å². The first-order chi connectivity index (χ1) is 10.0. The molecular formula is C15H22N2O3S. The normalized spacial score (nSPS) is 24.2. The van der Waals surface area contributed by atoms with Gasteiger partial charge in [0.2, 0.25) is 10.0 Å². The van der Waals surface area contributed by atoms with Gasteiger partial charge in [-0.2, -0.15) is 4.31 Å². The van der Waals surface area contributed by atoms with E-state index in [2.05, 4.69) is 0 Å². The van der Waals surface area contributed by atoms with E-state index in [0.717, 1.165) is 36.1 Å². The number of ether oxygens (including phenoxy) is 1. The lowest BCUT2D eigenvalue weighted by molar-refractivity contribution is 0.0900. The molecule has 0 aliphatic carbocycles. The lowest BCUT2D eigenvalue weighted by atomic mass is 9.97. The molecule has 0 radical (unpaired) electrons. The predicted molar refractivity (Wildman–Crippen MR) is 81.1 cm³/mol. The lowest BCUT2D eigenvalue weighted by Gasteiger charge is -2.19. The van der Waals surface area contributed by atoms with E-state index < -0.39 is 10.0 Å². The first kappa shape index (κ1) is 15.0. The molecule has 1 aromatic carbocycles. The summed E-state index contributed by atoms with van der Waals surface area (Å²) in [6.45, 7) is 3.39. The van der Waals surface area contributed by atoms with E-state index in [1.54, 1.807) is 11.2 Å². The summed E-state index contributed by atoms with van der Waals surface area (Å²) >= 11 is 0. The molecular weight excluding hydrogens is 288 g/mol. The van der Waals surface area contributed by atoms with Crippen molar-refractivity contribution in [3.8, 4) is 0 Å². The fourth-order valence-electron chi connectivity index (χ4n) is 3.07. The molecule has 0 spiro atoms. The van der Waals surface area contributed by atoms with Crippen LogP contribution in [0.3, 0.4) is 0 Å². The molecule has 116 valence electrons. The van der Waals surface area contributed by atoms with E-state index >= 15 is 0 Å². The van der Waals surface area contributed by atoms with Gasteiger partial charge in [0.15, 0.2) is 0 Å². The van der Waals surface area contributed by atoms with Crippen LogP contribution in [0.1, 0.15) is 42.5 Å². The molecule has 1 fully saturated rings. The highest BCUT2D eigenvalue weighted by Gasteiger charge is 2.29. The Balaban J connectivity index is 1.80. The van der Waals surface area contributed by atoms with Crippen molar-refractivity contribution >= 4 is 10.0 Å². The molecule has 2 aliphatic rings. The zero-order valence-electron chi connectivity index (χ0n) is 12.3.